The van der Waals surface area contributed by atoms with Gasteiger partial charge in [0.15, 0.2) is 0 Å². The minimum absolute atomic E-state index is 0.0395. The van der Waals surface area contributed by atoms with Crippen LogP contribution in [0.1, 0.15) is 28.7 Å². The first kappa shape index (κ1) is 13.6. The second kappa shape index (κ2) is 5.77. The van der Waals surface area contributed by atoms with E-state index in [0.29, 0.717) is 13.0 Å². The van der Waals surface area contributed by atoms with E-state index in [1.165, 1.54) is 15.3 Å². The third-order valence-electron chi connectivity index (χ3n) is 3.08. The molecule has 0 saturated carbocycles. The molecule has 0 unspecified atom stereocenters. The van der Waals surface area contributed by atoms with Gasteiger partial charge in [0.25, 0.3) is 0 Å². The van der Waals surface area contributed by atoms with Crippen molar-refractivity contribution in [3.8, 4) is 0 Å². The zero-order valence-corrected chi connectivity index (χ0v) is 11.0. The predicted molar refractivity (Wildman–Crippen MR) is 67.8 cm³/mol. The number of aliphatic hydroxyl groups is 2. The molecule has 0 aromatic carbocycles. The Morgan fingerprint density at radius 3 is 2.31 bits per heavy atom. The second-order valence-corrected chi connectivity index (χ2v) is 5.70. The molecule has 1 aromatic heterocycles. The number of hydrogen-bond acceptors (Lipinski definition) is 4. The van der Waals surface area contributed by atoms with Gasteiger partial charge in [0, 0.05) is 16.3 Å². The molecule has 0 atom stereocenters. The highest BCUT2D eigenvalue weighted by atomic mass is 32.1. The minimum atomic E-state index is -0.553. The van der Waals surface area contributed by atoms with E-state index in [9.17, 15) is 10.2 Å². The van der Waals surface area contributed by atoms with Gasteiger partial charge in [-0.1, -0.05) is 6.92 Å². The molecule has 1 rings (SSSR count). The van der Waals surface area contributed by atoms with Crippen LogP contribution in [0, 0.1) is 13.8 Å². The summed E-state index contributed by atoms with van der Waals surface area (Å²) in [6, 6.07) is 2.15. The fourth-order valence-corrected chi connectivity index (χ4v) is 2.60. The third-order valence-corrected chi connectivity index (χ3v) is 4.09. The van der Waals surface area contributed by atoms with Gasteiger partial charge in [0.1, 0.15) is 0 Å². The summed E-state index contributed by atoms with van der Waals surface area (Å²) in [5.41, 5.74) is 0.699. The van der Waals surface area contributed by atoms with Gasteiger partial charge in [-0.25, -0.2) is 0 Å². The van der Waals surface area contributed by atoms with E-state index >= 15 is 0 Å². The Hall–Kier alpha value is -0.420. The van der Waals surface area contributed by atoms with Crippen molar-refractivity contribution < 1.29 is 10.2 Å². The Labute approximate surface area is 101 Å². The van der Waals surface area contributed by atoms with E-state index in [4.69, 9.17) is 0 Å². The van der Waals surface area contributed by atoms with Gasteiger partial charge in [0.2, 0.25) is 0 Å². The number of thiophene rings is 1. The molecule has 1 aromatic rings. The molecule has 0 fully saturated rings. The topological polar surface area (TPSA) is 52.5 Å². The van der Waals surface area contributed by atoms with Gasteiger partial charge < -0.3 is 15.5 Å². The Morgan fingerprint density at radius 2 is 1.94 bits per heavy atom. The van der Waals surface area contributed by atoms with Gasteiger partial charge in [-0.15, -0.1) is 11.3 Å². The lowest BCUT2D eigenvalue weighted by Crippen LogP contribution is -2.50. The Morgan fingerprint density at radius 1 is 1.31 bits per heavy atom. The van der Waals surface area contributed by atoms with Crippen molar-refractivity contribution in [3.63, 3.8) is 0 Å². The maximum Gasteiger partial charge on any atom is 0.0648 e. The fraction of sp³-hybridized carbons (Fsp3) is 0.667. The molecule has 0 aliphatic rings. The minimum Gasteiger partial charge on any atom is -0.394 e. The van der Waals surface area contributed by atoms with Crippen LogP contribution >= 0.6 is 11.3 Å². The number of aryl methyl sites for hydroxylation is 2. The summed E-state index contributed by atoms with van der Waals surface area (Å²) in [6.07, 6.45) is 0.710. The molecule has 0 spiro atoms. The maximum absolute atomic E-state index is 9.31. The van der Waals surface area contributed by atoms with E-state index < -0.39 is 5.54 Å². The van der Waals surface area contributed by atoms with Crippen molar-refractivity contribution in [3.05, 3.63) is 21.4 Å². The van der Waals surface area contributed by atoms with Crippen molar-refractivity contribution in [1.29, 1.82) is 0 Å². The zero-order chi connectivity index (χ0) is 12.2. The van der Waals surface area contributed by atoms with Gasteiger partial charge in [0.05, 0.1) is 18.8 Å². The lowest BCUT2D eigenvalue weighted by atomic mass is 9.98. The fourth-order valence-electron chi connectivity index (χ4n) is 1.65. The average molecular weight is 243 g/mol. The van der Waals surface area contributed by atoms with Crippen LogP contribution < -0.4 is 5.32 Å². The number of nitrogens with one attached hydrogen (secondary N) is 1. The van der Waals surface area contributed by atoms with E-state index in [2.05, 4.69) is 25.2 Å². The van der Waals surface area contributed by atoms with Crippen LogP contribution in [-0.4, -0.2) is 29.0 Å². The molecule has 16 heavy (non-hydrogen) atoms. The van der Waals surface area contributed by atoms with Crippen LogP contribution in [0.5, 0.6) is 0 Å². The van der Waals surface area contributed by atoms with Crippen molar-refractivity contribution in [2.45, 2.75) is 39.3 Å². The number of aliphatic hydroxyl groups excluding tert-OH is 2. The quantitative estimate of drug-likeness (QED) is 0.711. The van der Waals surface area contributed by atoms with Gasteiger partial charge in [-0.05, 0) is 31.9 Å². The molecular weight excluding hydrogens is 222 g/mol. The lowest BCUT2D eigenvalue weighted by Gasteiger charge is -2.29. The molecule has 0 radical (unpaired) electrons. The highest BCUT2D eigenvalue weighted by Crippen LogP contribution is 2.21. The first-order valence-electron chi connectivity index (χ1n) is 5.59. The molecule has 92 valence electrons. The SMILES string of the molecule is CCC(CO)(CO)NCc1cc(C)sc1C. The monoisotopic (exact) mass is 243 g/mol. The highest BCUT2D eigenvalue weighted by molar-refractivity contribution is 7.12. The van der Waals surface area contributed by atoms with Crippen LogP contribution in [0.2, 0.25) is 0 Å². The smallest absolute Gasteiger partial charge is 0.0648 e. The molecule has 0 bridgehead atoms. The predicted octanol–water partition coefficient (Wildman–Crippen LogP) is 1.59. The van der Waals surface area contributed by atoms with Crippen molar-refractivity contribution in [2.75, 3.05) is 13.2 Å². The normalized spacial score (nSPS) is 12.1. The van der Waals surface area contributed by atoms with E-state index in [1.807, 2.05) is 6.92 Å². The van der Waals surface area contributed by atoms with E-state index in [-0.39, 0.29) is 13.2 Å². The molecular formula is C12H21NO2S. The molecule has 0 aliphatic heterocycles. The summed E-state index contributed by atoms with van der Waals surface area (Å²) in [7, 11) is 0. The molecule has 3 nitrogen and oxygen atoms in total. The van der Waals surface area contributed by atoms with Crippen molar-refractivity contribution in [1.82, 2.24) is 5.32 Å². The van der Waals surface area contributed by atoms with Crippen LogP contribution in [0.25, 0.3) is 0 Å². The standard InChI is InChI=1S/C12H21NO2S/c1-4-12(7-14,8-15)13-6-11-5-9(2)16-10(11)3/h5,13-15H,4,6-8H2,1-3H3. The average Bonchev–Trinajstić information content (AvgIpc) is 2.60. The number of hydrogen-bond donors (Lipinski definition) is 3. The van der Waals surface area contributed by atoms with Crippen molar-refractivity contribution in [2.24, 2.45) is 0 Å². The molecule has 0 saturated heterocycles. The third kappa shape index (κ3) is 3.04. The molecule has 0 amide bonds. The van der Waals surface area contributed by atoms with E-state index in [1.54, 1.807) is 11.3 Å². The Kier molecular flexibility index (Phi) is 4.92. The lowest BCUT2D eigenvalue weighted by molar-refractivity contribution is 0.0864. The molecule has 0 aliphatic carbocycles. The first-order valence-corrected chi connectivity index (χ1v) is 6.41. The highest BCUT2D eigenvalue weighted by Gasteiger charge is 2.25. The maximum atomic E-state index is 9.31. The number of rotatable bonds is 6. The summed E-state index contributed by atoms with van der Waals surface area (Å²) in [6.45, 7) is 6.77. The van der Waals surface area contributed by atoms with Crippen molar-refractivity contribution >= 4 is 11.3 Å². The van der Waals surface area contributed by atoms with Gasteiger partial charge >= 0.3 is 0 Å². The summed E-state index contributed by atoms with van der Waals surface area (Å²) in [5.74, 6) is 0. The molecule has 4 heteroatoms. The van der Waals surface area contributed by atoms with Gasteiger partial charge in [-0.2, -0.15) is 0 Å². The summed E-state index contributed by atoms with van der Waals surface area (Å²) in [5, 5.41) is 21.9. The molecule has 1 heterocycles. The van der Waals surface area contributed by atoms with Crippen LogP contribution in [0.3, 0.4) is 0 Å². The molecule has 3 N–H and O–H groups in total. The second-order valence-electron chi connectivity index (χ2n) is 4.24. The van der Waals surface area contributed by atoms with Crippen LogP contribution in [0.15, 0.2) is 6.07 Å². The van der Waals surface area contributed by atoms with Crippen LogP contribution in [0.4, 0.5) is 0 Å². The zero-order valence-electron chi connectivity index (χ0n) is 10.2. The summed E-state index contributed by atoms with van der Waals surface area (Å²) < 4.78 is 0. The Balaban J connectivity index is 2.65. The van der Waals surface area contributed by atoms with Gasteiger partial charge in [-0.3, -0.25) is 0 Å². The first-order chi connectivity index (χ1) is 7.56. The summed E-state index contributed by atoms with van der Waals surface area (Å²) in [4.78, 5) is 2.59. The van der Waals surface area contributed by atoms with Crippen LogP contribution in [-0.2, 0) is 6.54 Å². The summed E-state index contributed by atoms with van der Waals surface area (Å²) >= 11 is 1.78. The largest absolute Gasteiger partial charge is 0.394 e. The van der Waals surface area contributed by atoms with E-state index in [0.717, 1.165) is 0 Å². The Bertz CT molecular complexity index is 323.